The van der Waals surface area contributed by atoms with Crippen molar-refractivity contribution in [2.45, 2.75) is 43.6 Å². The molecule has 0 bridgehead atoms. The zero-order valence-corrected chi connectivity index (χ0v) is 11.6. The monoisotopic (exact) mass is 268 g/mol. The molecule has 2 rings (SSSR count). The summed E-state index contributed by atoms with van der Waals surface area (Å²) in [5.41, 5.74) is 0. The first-order valence-electron chi connectivity index (χ1n) is 6.72. The third-order valence-electron chi connectivity index (χ3n) is 3.85. The van der Waals surface area contributed by atoms with Crippen LogP contribution in [0.2, 0.25) is 0 Å². The molecule has 1 aromatic rings. The van der Waals surface area contributed by atoms with Gasteiger partial charge in [-0.05, 0) is 36.8 Å². The summed E-state index contributed by atoms with van der Waals surface area (Å²) < 4.78 is 13.4. The van der Waals surface area contributed by atoms with Gasteiger partial charge in [-0.3, -0.25) is 0 Å². The number of thioether (sulfide) groups is 1. The Bertz CT molecular complexity index is 375. The summed E-state index contributed by atoms with van der Waals surface area (Å²) in [5, 5.41) is 10.2. The molecule has 1 aliphatic rings. The van der Waals surface area contributed by atoms with Crippen LogP contribution in [-0.4, -0.2) is 17.0 Å². The van der Waals surface area contributed by atoms with Crippen molar-refractivity contribution in [1.29, 1.82) is 0 Å². The van der Waals surface area contributed by atoms with Crippen molar-refractivity contribution < 1.29 is 9.50 Å². The number of rotatable bonds is 4. The number of hydrogen-bond acceptors (Lipinski definition) is 2. The molecule has 3 heteroatoms. The second kappa shape index (κ2) is 6.58. The first-order chi connectivity index (χ1) is 8.66. The van der Waals surface area contributed by atoms with Gasteiger partial charge in [0, 0.05) is 10.6 Å². The second-order valence-electron chi connectivity index (χ2n) is 5.33. The molecule has 0 aliphatic heterocycles. The largest absolute Gasteiger partial charge is 0.392 e. The van der Waals surface area contributed by atoms with Gasteiger partial charge >= 0.3 is 0 Å². The van der Waals surface area contributed by atoms with E-state index in [0.717, 1.165) is 18.8 Å². The molecule has 18 heavy (non-hydrogen) atoms. The Kier molecular flexibility index (Phi) is 5.07. The Labute approximate surface area is 113 Å². The van der Waals surface area contributed by atoms with Gasteiger partial charge in [-0.25, -0.2) is 4.39 Å². The van der Waals surface area contributed by atoms with Gasteiger partial charge in [0.05, 0.1) is 6.10 Å². The molecule has 1 aromatic carbocycles. The van der Waals surface area contributed by atoms with E-state index in [1.54, 1.807) is 12.1 Å². The Morgan fingerprint density at radius 3 is 2.61 bits per heavy atom. The lowest BCUT2D eigenvalue weighted by Gasteiger charge is -2.29. The van der Waals surface area contributed by atoms with Crippen LogP contribution < -0.4 is 0 Å². The molecule has 0 heterocycles. The lowest BCUT2D eigenvalue weighted by molar-refractivity contribution is 0.0946. The molecule has 0 aromatic heterocycles. The maximum Gasteiger partial charge on any atom is 0.136 e. The minimum Gasteiger partial charge on any atom is -0.392 e. The van der Waals surface area contributed by atoms with Crippen LogP contribution in [0.25, 0.3) is 0 Å². The van der Waals surface area contributed by atoms with Crippen LogP contribution in [0.1, 0.15) is 32.6 Å². The predicted molar refractivity (Wildman–Crippen MR) is 74.3 cm³/mol. The van der Waals surface area contributed by atoms with E-state index in [0.29, 0.717) is 16.6 Å². The van der Waals surface area contributed by atoms with Gasteiger partial charge in [0.2, 0.25) is 0 Å². The quantitative estimate of drug-likeness (QED) is 0.829. The molecule has 1 atom stereocenters. The molecule has 1 aliphatic carbocycles. The van der Waals surface area contributed by atoms with Crippen molar-refractivity contribution in [2.75, 3.05) is 5.75 Å². The van der Waals surface area contributed by atoms with Crippen LogP contribution in [0, 0.1) is 17.7 Å². The highest BCUT2D eigenvalue weighted by Gasteiger charge is 2.24. The molecular formula is C15H21FOS. The number of halogens is 1. The maximum atomic E-state index is 13.4. The molecule has 100 valence electrons. The van der Waals surface area contributed by atoms with E-state index in [-0.39, 0.29) is 11.9 Å². The van der Waals surface area contributed by atoms with Crippen LogP contribution in [0.3, 0.4) is 0 Å². The van der Waals surface area contributed by atoms with E-state index in [1.807, 2.05) is 6.07 Å². The molecule has 0 radical (unpaired) electrons. The van der Waals surface area contributed by atoms with Crippen LogP contribution in [0.4, 0.5) is 4.39 Å². The Hall–Kier alpha value is -0.540. The first kappa shape index (κ1) is 13.9. The van der Waals surface area contributed by atoms with Gasteiger partial charge in [0.25, 0.3) is 0 Å². The van der Waals surface area contributed by atoms with Crippen molar-refractivity contribution in [2.24, 2.45) is 11.8 Å². The third-order valence-corrected chi connectivity index (χ3v) is 5.00. The lowest BCUT2D eigenvalue weighted by atomic mass is 9.81. The lowest BCUT2D eigenvalue weighted by Crippen LogP contribution is -2.27. The molecule has 0 spiro atoms. The summed E-state index contributed by atoms with van der Waals surface area (Å²) in [7, 11) is 0. The number of benzene rings is 1. The van der Waals surface area contributed by atoms with E-state index in [9.17, 15) is 9.50 Å². The summed E-state index contributed by atoms with van der Waals surface area (Å²) in [5.74, 6) is 1.61. The van der Waals surface area contributed by atoms with Crippen LogP contribution >= 0.6 is 11.8 Å². The SMILES string of the molecule is CC1CCC(C(O)CSc2ccccc2F)CC1. The topological polar surface area (TPSA) is 20.2 Å². The summed E-state index contributed by atoms with van der Waals surface area (Å²) in [6, 6.07) is 6.77. The summed E-state index contributed by atoms with van der Waals surface area (Å²) in [4.78, 5) is 0.640. The van der Waals surface area contributed by atoms with E-state index in [1.165, 1.54) is 30.7 Å². The van der Waals surface area contributed by atoms with E-state index >= 15 is 0 Å². The summed E-state index contributed by atoms with van der Waals surface area (Å²) >= 11 is 1.42. The second-order valence-corrected chi connectivity index (χ2v) is 6.39. The molecule has 1 fully saturated rings. The van der Waals surface area contributed by atoms with Crippen molar-refractivity contribution in [1.82, 2.24) is 0 Å². The van der Waals surface area contributed by atoms with E-state index in [4.69, 9.17) is 0 Å². The minimum absolute atomic E-state index is 0.188. The first-order valence-corrected chi connectivity index (χ1v) is 7.70. The number of aliphatic hydroxyl groups is 1. The maximum absolute atomic E-state index is 13.4. The predicted octanol–water partition coefficient (Wildman–Crippen LogP) is 4.11. The molecule has 1 N–H and O–H groups in total. The fraction of sp³-hybridized carbons (Fsp3) is 0.600. The smallest absolute Gasteiger partial charge is 0.136 e. The van der Waals surface area contributed by atoms with Crippen molar-refractivity contribution in [3.8, 4) is 0 Å². The standard InChI is InChI=1S/C15H21FOS/c1-11-6-8-12(9-7-11)14(17)10-18-15-5-3-2-4-13(15)16/h2-5,11-12,14,17H,6-10H2,1H3. The van der Waals surface area contributed by atoms with Crippen LogP contribution in [0.15, 0.2) is 29.2 Å². The van der Waals surface area contributed by atoms with Crippen LogP contribution in [-0.2, 0) is 0 Å². The van der Waals surface area contributed by atoms with Crippen molar-refractivity contribution in [3.05, 3.63) is 30.1 Å². The van der Waals surface area contributed by atoms with Crippen molar-refractivity contribution >= 4 is 11.8 Å². The molecule has 0 amide bonds. The number of hydrogen-bond donors (Lipinski definition) is 1. The third kappa shape index (κ3) is 3.72. The van der Waals surface area contributed by atoms with Gasteiger partial charge in [-0.15, -0.1) is 11.8 Å². The highest BCUT2D eigenvalue weighted by Crippen LogP contribution is 2.32. The van der Waals surface area contributed by atoms with Gasteiger partial charge in [-0.2, -0.15) is 0 Å². The highest BCUT2D eigenvalue weighted by molar-refractivity contribution is 7.99. The molecule has 1 unspecified atom stereocenters. The highest BCUT2D eigenvalue weighted by atomic mass is 32.2. The Morgan fingerprint density at radius 2 is 1.94 bits per heavy atom. The Balaban J connectivity index is 1.81. The fourth-order valence-electron chi connectivity index (χ4n) is 2.54. The zero-order chi connectivity index (χ0) is 13.0. The van der Waals surface area contributed by atoms with Crippen molar-refractivity contribution in [3.63, 3.8) is 0 Å². The molecule has 1 nitrogen and oxygen atoms in total. The van der Waals surface area contributed by atoms with Gasteiger partial charge in [0.15, 0.2) is 0 Å². The zero-order valence-electron chi connectivity index (χ0n) is 10.8. The minimum atomic E-state index is -0.304. The molecular weight excluding hydrogens is 247 g/mol. The Morgan fingerprint density at radius 1 is 1.28 bits per heavy atom. The van der Waals surface area contributed by atoms with E-state index < -0.39 is 0 Å². The number of aliphatic hydroxyl groups excluding tert-OH is 1. The average molecular weight is 268 g/mol. The van der Waals surface area contributed by atoms with Gasteiger partial charge < -0.3 is 5.11 Å². The van der Waals surface area contributed by atoms with Gasteiger partial charge in [0.1, 0.15) is 5.82 Å². The van der Waals surface area contributed by atoms with E-state index in [2.05, 4.69) is 6.92 Å². The molecule has 0 saturated heterocycles. The van der Waals surface area contributed by atoms with Gasteiger partial charge in [-0.1, -0.05) is 31.9 Å². The average Bonchev–Trinajstić information content (AvgIpc) is 2.38. The van der Waals surface area contributed by atoms with Crippen LogP contribution in [0.5, 0.6) is 0 Å². The normalized spacial score (nSPS) is 25.9. The fourth-order valence-corrected chi connectivity index (χ4v) is 3.55. The molecule has 1 saturated carbocycles. The summed E-state index contributed by atoms with van der Waals surface area (Å²) in [6.07, 6.45) is 4.35. The summed E-state index contributed by atoms with van der Waals surface area (Å²) in [6.45, 7) is 2.27.